The maximum Gasteiger partial charge on any atom is 0.407 e. The van der Waals surface area contributed by atoms with Gasteiger partial charge in [-0.2, -0.15) is 0 Å². The normalized spacial score (nSPS) is 14.2. The summed E-state index contributed by atoms with van der Waals surface area (Å²) < 4.78 is 12.7. The fourth-order valence-electron chi connectivity index (χ4n) is 8.85. The second kappa shape index (κ2) is 20.1. The zero-order chi connectivity index (χ0) is 44.6. The first-order chi connectivity index (χ1) is 29.8. The molecule has 1 N–H and O–H groups in total. The molecule has 1 aliphatic rings. The third-order valence-corrected chi connectivity index (χ3v) is 12.3. The average Bonchev–Trinajstić information content (AvgIpc) is 3.61. The summed E-state index contributed by atoms with van der Waals surface area (Å²) in [4.78, 5) is 60.9. The van der Waals surface area contributed by atoms with E-state index in [1.165, 1.54) is 9.80 Å². The fourth-order valence-corrected chi connectivity index (χ4v) is 8.85. The van der Waals surface area contributed by atoms with Gasteiger partial charge in [-0.05, 0) is 46.4 Å². The van der Waals surface area contributed by atoms with Gasteiger partial charge in [0.15, 0.2) is 5.60 Å². The van der Waals surface area contributed by atoms with Crippen molar-refractivity contribution in [3.05, 3.63) is 167 Å². The van der Waals surface area contributed by atoms with Crippen LogP contribution in [0.15, 0.2) is 140 Å². The van der Waals surface area contributed by atoms with Gasteiger partial charge in [-0.3, -0.25) is 9.59 Å². The van der Waals surface area contributed by atoms with E-state index in [1.807, 2.05) is 157 Å². The first-order valence-electron chi connectivity index (χ1n) is 21.8. The minimum Gasteiger partial charge on any atom is -0.449 e. The molecule has 9 nitrogen and oxygen atoms in total. The summed E-state index contributed by atoms with van der Waals surface area (Å²) in [5, 5.41) is 2.88. The molecular weight excluding hydrogens is 775 g/mol. The van der Waals surface area contributed by atoms with Crippen LogP contribution >= 0.6 is 0 Å². The lowest BCUT2D eigenvalue weighted by atomic mass is 9.80. The lowest BCUT2D eigenvalue weighted by Crippen LogP contribution is -2.59. The molecule has 0 unspecified atom stereocenters. The van der Waals surface area contributed by atoms with Crippen LogP contribution < -0.4 is 5.32 Å². The second-order valence-electron chi connectivity index (χ2n) is 17.3. The number of rotatable bonds is 17. The van der Waals surface area contributed by atoms with Crippen molar-refractivity contribution in [2.75, 3.05) is 20.7 Å². The van der Waals surface area contributed by atoms with Gasteiger partial charge in [0.25, 0.3) is 0 Å². The number of ether oxygens (including phenoxy) is 2. The van der Waals surface area contributed by atoms with Crippen LogP contribution in [0.25, 0.3) is 11.1 Å². The topological polar surface area (TPSA) is 105 Å². The van der Waals surface area contributed by atoms with E-state index in [0.29, 0.717) is 12.8 Å². The molecule has 5 aromatic carbocycles. The molecule has 0 fully saturated rings. The quantitative estimate of drug-likeness (QED) is 0.0739. The van der Waals surface area contributed by atoms with Gasteiger partial charge in [0.1, 0.15) is 24.7 Å². The van der Waals surface area contributed by atoms with Gasteiger partial charge >= 0.3 is 12.1 Å². The van der Waals surface area contributed by atoms with Crippen LogP contribution in [0.2, 0.25) is 0 Å². The Hall–Kier alpha value is -6.22. The predicted molar refractivity (Wildman–Crippen MR) is 244 cm³/mol. The van der Waals surface area contributed by atoms with E-state index in [0.717, 1.165) is 38.9 Å². The Labute approximate surface area is 367 Å². The number of benzene rings is 5. The van der Waals surface area contributed by atoms with E-state index >= 15 is 0 Å². The molecule has 6 rings (SSSR count). The number of carbonyl (C=O) groups excluding carboxylic acids is 4. The van der Waals surface area contributed by atoms with E-state index in [2.05, 4.69) is 29.6 Å². The van der Waals surface area contributed by atoms with Crippen molar-refractivity contribution < 1.29 is 28.7 Å². The lowest BCUT2D eigenvalue weighted by molar-refractivity contribution is -0.166. The molecule has 0 aromatic heterocycles. The molecule has 0 aliphatic heterocycles. The number of amides is 3. The smallest absolute Gasteiger partial charge is 0.407 e. The molecule has 0 bridgehead atoms. The summed E-state index contributed by atoms with van der Waals surface area (Å²) in [6.45, 7) is 11.7. The lowest BCUT2D eigenvalue weighted by Gasteiger charge is -2.40. The van der Waals surface area contributed by atoms with Gasteiger partial charge in [-0.15, -0.1) is 0 Å². The van der Waals surface area contributed by atoms with Gasteiger partial charge in [0, 0.05) is 36.7 Å². The minimum atomic E-state index is -1.34. The van der Waals surface area contributed by atoms with Crippen LogP contribution in [0.3, 0.4) is 0 Å². The first kappa shape index (κ1) is 45.3. The maximum atomic E-state index is 14.9. The molecule has 324 valence electrons. The van der Waals surface area contributed by atoms with E-state index in [4.69, 9.17) is 9.47 Å². The highest BCUT2D eigenvalue weighted by Gasteiger charge is 2.45. The molecule has 3 amide bonds. The number of nitrogens with one attached hydrogen (secondary N) is 1. The Morgan fingerprint density at radius 3 is 1.52 bits per heavy atom. The first-order valence-corrected chi connectivity index (χ1v) is 21.8. The van der Waals surface area contributed by atoms with Crippen LogP contribution in [0.4, 0.5) is 4.79 Å². The molecule has 0 spiro atoms. The molecule has 9 heteroatoms. The number of esters is 1. The minimum absolute atomic E-state index is 0.0103. The average molecular weight is 836 g/mol. The Morgan fingerprint density at radius 2 is 1.08 bits per heavy atom. The van der Waals surface area contributed by atoms with Crippen LogP contribution in [0.5, 0.6) is 0 Å². The SMILES string of the molecule is CC[C@H](C)[C@H](NC(=O)OCC1c2ccccc2-c2ccccc21)C(=O)N(C)[C@@H](CC(C)C)C(=O)N(C)[C@H](C(=O)OC(c1ccccc1)(c1ccccc1)c1ccccc1)C(C)C. The van der Waals surface area contributed by atoms with Gasteiger partial charge in [-0.1, -0.05) is 187 Å². The van der Waals surface area contributed by atoms with Crippen molar-refractivity contribution >= 4 is 23.9 Å². The van der Waals surface area contributed by atoms with Crippen molar-refractivity contribution in [3.8, 4) is 11.1 Å². The van der Waals surface area contributed by atoms with Crippen molar-refractivity contribution in [1.82, 2.24) is 15.1 Å². The molecule has 0 saturated heterocycles. The number of carbonyl (C=O) groups is 4. The number of hydrogen-bond acceptors (Lipinski definition) is 6. The molecule has 0 heterocycles. The Morgan fingerprint density at radius 1 is 0.629 bits per heavy atom. The molecule has 5 aromatic rings. The second-order valence-corrected chi connectivity index (χ2v) is 17.3. The van der Waals surface area contributed by atoms with Crippen LogP contribution in [-0.4, -0.2) is 72.5 Å². The molecule has 0 radical (unpaired) electrons. The van der Waals surface area contributed by atoms with E-state index in [-0.39, 0.29) is 30.3 Å². The number of fused-ring (bicyclic) bond motifs is 3. The summed E-state index contributed by atoms with van der Waals surface area (Å²) >= 11 is 0. The van der Waals surface area contributed by atoms with E-state index < -0.39 is 47.6 Å². The van der Waals surface area contributed by atoms with Gasteiger partial charge < -0.3 is 24.6 Å². The van der Waals surface area contributed by atoms with Crippen molar-refractivity contribution in [1.29, 1.82) is 0 Å². The van der Waals surface area contributed by atoms with E-state index in [1.54, 1.807) is 14.1 Å². The summed E-state index contributed by atoms with van der Waals surface area (Å²) in [6, 6.07) is 42.2. The zero-order valence-electron chi connectivity index (χ0n) is 37.3. The summed E-state index contributed by atoms with van der Waals surface area (Å²) in [5.41, 5.74) is 5.34. The Kier molecular flexibility index (Phi) is 14.7. The van der Waals surface area contributed by atoms with Gasteiger partial charge in [-0.25, -0.2) is 9.59 Å². The van der Waals surface area contributed by atoms with Gasteiger partial charge in [0.2, 0.25) is 11.8 Å². The fraction of sp³-hybridized carbons (Fsp3) is 0.358. The zero-order valence-corrected chi connectivity index (χ0v) is 37.3. The maximum absolute atomic E-state index is 14.9. The molecular formula is C53H61N3O6. The highest BCUT2D eigenvalue weighted by atomic mass is 16.6. The number of hydrogen-bond donors (Lipinski definition) is 1. The summed E-state index contributed by atoms with van der Waals surface area (Å²) in [5.74, 6) is -2.18. The third kappa shape index (κ3) is 9.47. The molecule has 62 heavy (non-hydrogen) atoms. The van der Waals surface area contributed by atoms with Crippen LogP contribution in [0.1, 0.15) is 88.1 Å². The van der Waals surface area contributed by atoms with Crippen LogP contribution in [-0.2, 0) is 29.5 Å². The van der Waals surface area contributed by atoms with E-state index in [9.17, 15) is 19.2 Å². The largest absolute Gasteiger partial charge is 0.449 e. The van der Waals surface area contributed by atoms with Crippen molar-refractivity contribution in [3.63, 3.8) is 0 Å². The monoisotopic (exact) mass is 835 g/mol. The number of alkyl carbamates (subject to hydrolysis) is 1. The molecule has 1 aliphatic carbocycles. The van der Waals surface area contributed by atoms with Crippen molar-refractivity contribution in [2.24, 2.45) is 17.8 Å². The molecule has 0 saturated carbocycles. The number of nitrogens with zero attached hydrogens (tertiary/aromatic N) is 2. The number of likely N-dealkylation sites (N-methyl/N-ethyl adjacent to an activating group) is 2. The molecule has 4 atom stereocenters. The van der Waals surface area contributed by atoms with Crippen molar-refractivity contribution in [2.45, 2.75) is 84.0 Å². The highest BCUT2D eigenvalue weighted by Crippen LogP contribution is 2.45. The third-order valence-electron chi connectivity index (χ3n) is 12.3. The predicted octanol–water partition coefficient (Wildman–Crippen LogP) is 9.83. The van der Waals surface area contributed by atoms with Crippen LogP contribution in [0, 0.1) is 17.8 Å². The summed E-state index contributed by atoms with van der Waals surface area (Å²) in [6.07, 6.45) is 0.207. The van der Waals surface area contributed by atoms with Gasteiger partial charge in [0.05, 0.1) is 0 Å². The standard InChI is InChI=1S/C53H61N3O6/c1-9-37(6)47(54-52(60)61-34-45-43-31-21-19-29-41(43)42-30-20-22-32-44(42)45)50(58)55(7)46(33-35(2)3)49(57)56(8)48(36(4)5)51(59)62-53(38-23-13-10-14-24-38,39-25-15-11-16-26-39)40-27-17-12-18-28-40/h10-32,35-37,45-48H,9,33-34H2,1-8H3,(H,54,60)/t37-,46-,47-,48-/m0/s1. The Bertz CT molecular complexity index is 2150. The highest BCUT2D eigenvalue weighted by molar-refractivity contribution is 5.93. The Balaban J connectivity index is 1.24. The summed E-state index contributed by atoms with van der Waals surface area (Å²) in [7, 11) is 3.21.